The van der Waals surface area contributed by atoms with Crippen molar-refractivity contribution in [1.82, 2.24) is 5.01 Å². The number of methoxy groups -OCH3 is 1. The molecule has 3 aromatic carbocycles. The Balaban J connectivity index is 1.57. The minimum absolute atomic E-state index is 0.158. The fourth-order valence-corrected chi connectivity index (χ4v) is 4.29. The third-order valence-corrected chi connectivity index (χ3v) is 5.75. The Labute approximate surface area is 172 Å². The molecule has 2 heterocycles. The van der Waals surface area contributed by atoms with Crippen molar-refractivity contribution >= 4 is 21.6 Å². The van der Waals surface area contributed by atoms with E-state index in [2.05, 4.69) is 57.3 Å². The Bertz CT molecular complexity index is 1050. The first-order chi connectivity index (χ1) is 13.7. The summed E-state index contributed by atoms with van der Waals surface area (Å²) >= 11 is 3.57. The molecule has 0 aliphatic carbocycles. The van der Waals surface area contributed by atoms with Crippen molar-refractivity contribution in [2.24, 2.45) is 5.10 Å². The maximum atomic E-state index is 6.39. The number of rotatable bonds is 3. The van der Waals surface area contributed by atoms with Gasteiger partial charge in [-0.3, -0.25) is 0 Å². The van der Waals surface area contributed by atoms with Gasteiger partial charge in [-0.05, 0) is 48.0 Å². The lowest BCUT2D eigenvalue weighted by Crippen LogP contribution is -2.33. The molecule has 0 aromatic heterocycles. The van der Waals surface area contributed by atoms with Crippen LogP contribution in [0.4, 0.5) is 0 Å². The smallest absolute Gasteiger partial charge is 0.213 e. The SMILES string of the molecule is COc1ccc(C2=NN3[C@H](C2)c2ccccc2O[C@H]3c2cccc(Br)c2)cc1. The van der Waals surface area contributed by atoms with E-state index in [-0.39, 0.29) is 12.3 Å². The highest BCUT2D eigenvalue weighted by Gasteiger charge is 2.40. The quantitative estimate of drug-likeness (QED) is 0.529. The van der Waals surface area contributed by atoms with Crippen molar-refractivity contribution in [3.8, 4) is 11.5 Å². The van der Waals surface area contributed by atoms with E-state index in [1.165, 1.54) is 5.56 Å². The molecule has 140 valence electrons. The van der Waals surface area contributed by atoms with Crippen LogP contribution in [0.1, 0.15) is 35.4 Å². The Kier molecular flexibility index (Phi) is 4.32. The molecule has 28 heavy (non-hydrogen) atoms. The van der Waals surface area contributed by atoms with Crippen LogP contribution in [0.2, 0.25) is 0 Å². The van der Waals surface area contributed by atoms with Gasteiger partial charge in [0, 0.05) is 22.0 Å². The molecule has 0 saturated heterocycles. The van der Waals surface area contributed by atoms with Crippen LogP contribution in [0.15, 0.2) is 82.4 Å². The van der Waals surface area contributed by atoms with Crippen LogP contribution in [0, 0.1) is 0 Å². The second kappa shape index (κ2) is 6.99. The third-order valence-electron chi connectivity index (χ3n) is 5.26. The van der Waals surface area contributed by atoms with Crippen LogP contribution in [0.25, 0.3) is 0 Å². The second-order valence-electron chi connectivity index (χ2n) is 6.94. The van der Waals surface area contributed by atoms with Crippen molar-refractivity contribution in [2.75, 3.05) is 7.11 Å². The second-order valence-corrected chi connectivity index (χ2v) is 7.85. The number of fused-ring (bicyclic) bond motifs is 3. The molecular weight excluding hydrogens is 416 g/mol. The van der Waals surface area contributed by atoms with E-state index in [0.29, 0.717) is 0 Å². The number of benzene rings is 3. The number of hydrogen-bond donors (Lipinski definition) is 0. The highest BCUT2D eigenvalue weighted by atomic mass is 79.9. The van der Waals surface area contributed by atoms with Crippen molar-refractivity contribution in [2.45, 2.75) is 18.7 Å². The zero-order valence-corrected chi connectivity index (χ0v) is 17.0. The van der Waals surface area contributed by atoms with Gasteiger partial charge in [-0.15, -0.1) is 0 Å². The van der Waals surface area contributed by atoms with Crippen LogP contribution in [-0.4, -0.2) is 17.8 Å². The number of halogens is 1. The molecule has 5 rings (SSSR count). The van der Waals surface area contributed by atoms with Gasteiger partial charge in [-0.1, -0.05) is 46.3 Å². The summed E-state index contributed by atoms with van der Waals surface area (Å²) in [4.78, 5) is 0. The standard InChI is InChI=1S/C23H19BrN2O2/c1-27-18-11-9-15(10-12-18)20-14-21-19-7-2-3-8-22(19)28-23(26(21)25-20)16-5-4-6-17(24)13-16/h2-13,21,23H,14H2,1H3/t21-,23+/m1/s1. The van der Waals surface area contributed by atoms with Gasteiger partial charge in [0.15, 0.2) is 0 Å². The summed E-state index contributed by atoms with van der Waals surface area (Å²) in [6.45, 7) is 0. The van der Waals surface area contributed by atoms with E-state index in [0.717, 1.165) is 39.2 Å². The van der Waals surface area contributed by atoms with Gasteiger partial charge in [-0.25, -0.2) is 5.01 Å². The summed E-state index contributed by atoms with van der Waals surface area (Å²) in [5.74, 6) is 1.78. The van der Waals surface area contributed by atoms with Gasteiger partial charge in [0.25, 0.3) is 0 Å². The largest absolute Gasteiger partial charge is 0.497 e. The van der Waals surface area contributed by atoms with Crippen LogP contribution < -0.4 is 9.47 Å². The molecule has 0 saturated carbocycles. The number of hydrogen-bond acceptors (Lipinski definition) is 4. The monoisotopic (exact) mass is 434 g/mol. The summed E-state index contributed by atoms with van der Waals surface area (Å²) in [5.41, 5.74) is 4.43. The first-order valence-corrected chi connectivity index (χ1v) is 10.0. The maximum Gasteiger partial charge on any atom is 0.213 e. The Morgan fingerprint density at radius 3 is 2.64 bits per heavy atom. The molecule has 0 unspecified atom stereocenters. The predicted octanol–water partition coefficient (Wildman–Crippen LogP) is 5.70. The van der Waals surface area contributed by atoms with Crippen molar-refractivity contribution in [3.63, 3.8) is 0 Å². The highest BCUT2D eigenvalue weighted by Crippen LogP contribution is 2.47. The summed E-state index contributed by atoms with van der Waals surface area (Å²) in [6, 6.07) is 24.7. The zero-order chi connectivity index (χ0) is 19.1. The van der Waals surface area contributed by atoms with E-state index >= 15 is 0 Å². The molecule has 0 radical (unpaired) electrons. The van der Waals surface area contributed by atoms with Gasteiger partial charge < -0.3 is 9.47 Å². The number of hydrazone groups is 1. The molecule has 0 amide bonds. The van der Waals surface area contributed by atoms with Crippen LogP contribution >= 0.6 is 15.9 Å². The highest BCUT2D eigenvalue weighted by molar-refractivity contribution is 9.10. The van der Waals surface area contributed by atoms with Crippen LogP contribution in [-0.2, 0) is 0 Å². The van der Waals surface area contributed by atoms with Gasteiger partial charge in [0.05, 0.1) is 18.9 Å². The molecule has 3 aromatic rings. The van der Waals surface area contributed by atoms with E-state index in [1.54, 1.807) is 7.11 Å². The lowest BCUT2D eigenvalue weighted by atomic mass is 9.96. The normalized spacial score (nSPS) is 20.1. The molecule has 5 heteroatoms. The molecular formula is C23H19BrN2O2. The topological polar surface area (TPSA) is 34.1 Å². The number of ether oxygens (including phenoxy) is 2. The first-order valence-electron chi connectivity index (χ1n) is 9.24. The molecule has 0 fully saturated rings. The van der Waals surface area contributed by atoms with Gasteiger partial charge >= 0.3 is 0 Å². The van der Waals surface area contributed by atoms with Crippen LogP contribution in [0.3, 0.4) is 0 Å². The van der Waals surface area contributed by atoms with Gasteiger partial charge in [-0.2, -0.15) is 5.10 Å². The third kappa shape index (κ3) is 2.96. The Hall–Kier alpha value is -2.79. The van der Waals surface area contributed by atoms with E-state index < -0.39 is 0 Å². The van der Waals surface area contributed by atoms with E-state index in [9.17, 15) is 0 Å². The fourth-order valence-electron chi connectivity index (χ4n) is 3.87. The minimum Gasteiger partial charge on any atom is -0.497 e. The lowest BCUT2D eigenvalue weighted by molar-refractivity contribution is -0.0190. The average molecular weight is 435 g/mol. The van der Waals surface area contributed by atoms with Gasteiger partial charge in [0.1, 0.15) is 11.5 Å². The summed E-state index contributed by atoms with van der Waals surface area (Å²) < 4.78 is 12.7. The van der Waals surface area contributed by atoms with Gasteiger partial charge in [0.2, 0.25) is 6.23 Å². The fraction of sp³-hybridized carbons (Fsp3) is 0.174. The zero-order valence-electron chi connectivity index (χ0n) is 15.4. The summed E-state index contributed by atoms with van der Waals surface area (Å²) in [5, 5.41) is 7.09. The molecule has 2 aliphatic heterocycles. The summed E-state index contributed by atoms with van der Waals surface area (Å²) in [6.07, 6.45) is 0.588. The van der Waals surface area contributed by atoms with Crippen molar-refractivity contribution < 1.29 is 9.47 Å². The summed E-state index contributed by atoms with van der Waals surface area (Å²) in [7, 11) is 1.68. The molecule has 0 bridgehead atoms. The molecule has 4 nitrogen and oxygen atoms in total. The lowest BCUT2D eigenvalue weighted by Gasteiger charge is -2.38. The van der Waals surface area contributed by atoms with Crippen LogP contribution in [0.5, 0.6) is 11.5 Å². The number of para-hydroxylation sites is 1. The Morgan fingerprint density at radius 2 is 1.86 bits per heavy atom. The average Bonchev–Trinajstić information content (AvgIpc) is 3.19. The minimum atomic E-state index is -0.256. The maximum absolute atomic E-state index is 6.39. The van der Waals surface area contributed by atoms with E-state index in [1.807, 2.05) is 36.4 Å². The predicted molar refractivity (Wildman–Crippen MR) is 113 cm³/mol. The van der Waals surface area contributed by atoms with E-state index in [4.69, 9.17) is 14.6 Å². The molecule has 0 N–H and O–H groups in total. The molecule has 2 atom stereocenters. The Morgan fingerprint density at radius 1 is 1.04 bits per heavy atom. The first kappa shape index (κ1) is 17.3. The van der Waals surface area contributed by atoms with Crippen molar-refractivity contribution in [1.29, 1.82) is 0 Å². The van der Waals surface area contributed by atoms with Crippen molar-refractivity contribution in [3.05, 3.63) is 94.0 Å². The number of nitrogens with zero attached hydrogens (tertiary/aromatic N) is 2. The molecule has 2 aliphatic rings. The molecule has 0 spiro atoms.